The number of nitrogens with zero attached hydrogens (tertiary/aromatic N) is 2. The number of anilines is 1. The molecule has 0 fully saturated rings. The number of carbonyl (C=O) groups is 2. The van der Waals surface area contributed by atoms with Gasteiger partial charge in [-0.2, -0.15) is 0 Å². The Kier molecular flexibility index (Phi) is 10.3. The highest BCUT2D eigenvalue weighted by Crippen LogP contribution is 2.27. The van der Waals surface area contributed by atoms with Crippen molar-refractivity contribution in [1.82, 2.24) is 10.2 Å². The molecule has 0 saturated carbocycles. The van der Waals surface area contributed by atoms with Crippen LogP contribution in [0.3, 0.4) is 0 Å². The van der Waals surface area contributed by atoms with Crippen molar-refractivity contribution >= 4 is 27.5 Å². The van der Waals surface area contributed by atoms with E-state index in [0.29, 0.717) is 12.1 Å². The molecule has 0 aromatic heterocycles. The monoisotopic (exact) mass is 549 g/mol. The number of hydrogen-bond acceptors (Lipinski definition) is 4. The second kappa shape index (κ2) is 13.4. The van der Waals surface area contributed by atoms with Crippen LogP contribution in [-0.2, 0) is 26.2 Å². The van der Waals surface area contributed by atoms with Crippen LogP contribution in [0, 0.1) is 13.8 Å². The molecule has 8 heteroatoms. The van der Waals surface area contributed by atoms with Gasteiger partial charge in [-0.15, -0.1) is 0 Å². The van der Waals surface area contributed by atoms with Crippen LogP contribution in [0.4, 0.5) is 5.69 Å². The number of para-hydroxylation sites is 1. The first kappa shape index (κ1) is 29.9. The zero-order valence-corrected chi connectivity index (χ0v) is 24.2. The lowest BCUT2D eigenvalue weighted by Gasteiger charge is -2.34. The van der Waals surface area contributed by atoms with E-state index in [2.05, 4.69) is 5.32 Å². The summed E-state index contributed by atoms with van der Waals surface area (Å²) in [5, 5.41) is 3.00. The third-order valence-corrected chi connectivity index (χ3v) is 8.63. The molecule has 0 heterocycles. The summed E-state index contributed by atoms with van der Waals surface area (Å²) in [6.45, 7) is 9.29. The first-order valence-corrected chi connectivity index (χ1v) is 14.8. The van der Waals surface area contributed by atoms with Gasteiger partial charge in [0.1, 0.15) is 12.6 Å². The minimum Gasteiger partial charge on any atom is -0.352 e. The van der Waals surface area contributed by atoms with Crippen LogP contribution in [0.5, 0.6) is 0 Å². The number of rotatable bonds is 12. The summed E-state index contributed by atoms with van der Waals surface area (Å²) in [5.74, 6) is -0.704. The fourth-order valence-corrected chi connectivity index (χ4v) is 5.83. The predicted octanol–water partition coefficient (Wildman–Crippen LogP) is 5.22. The molecule has 0 saturated heterocycles. The molecule has 1 N–H and O–H groups in total. The highest BCUT2D eigenvalue weighted by molar-refractivity contribution is 7.92. The Labute approximate surface area is 232 Å². The van der Waals surface area contributed by atoms with Gasteiger partial charge in [-0.1, -0.05) is 80.1 Å². The summed E-state index contributed by atoms with van der Waals surface area (Å²) in [6.07, 6.45) is 1.14. The molecule has 3 aromatic rings. The second-order valence-corrected chi connectivity index (χ2v) is 11.7. The Morgan fingerprint density at radius 1 is 0.846 bits per heavy atom. The smallest absolute Gasteiger partial charge is 0.264 e. The van der Waals surface area contributed by atoms with E-state index in [1.54, 1.807) is 30.3 Å². The largest absolute Gasteiger partial charge is 0.352 e. The van der Waals surface area contributed by atoms with Crippen LogP contribution in [0.2, 0.25) is 0 Å². The second-order valence-electron chi connectivity index (χ2n) is 9.86. The number of benzene rings is 3. The van der Waals surface area contributed by atoms with Crippen LogP contribution in [0.25, 0.3) is 0 Å². The van der Waals surface area contributed by atoms with Crippen molar-refractivity contribution in [3.8, 4) is 0 Å². The number of sulfonamides is 1. The topological polar surface area (TPSA) is 86.8 Å². The van der Waals surface area contributed by atoms with Crippen molar-refractivity contribution in [2.24, 2.45) is 0 Å². The normalized spacial score (nSPS) is 12.8. The SMILES string of the molecule is CC[C@@H](C)NC(=O)[C@@H](CC)N(Cc1ccc(C)cc1)C(=O)CN(c1ccccc1C)S(=O)(=O)c1ccccc1. The van der Waals surface area contributed by atoms with Crippen molar-refractivity contribution in [3.05, 3.63) is 95.6 Å². The first-order chi connectivity index (χ1) is 18.6. The lowest BCUT2D eigenvalue weighted by atomic mass is 10.1. The zero-order chi connectivity index (χ0) is 28.6. The molecule has 2 atom stereocenters. The van der Waals surface area contributed by atoms with E-state index < -0.39 is 28.5 Å². The van der Waals surface area contributed by atoms with Gasteiger partial charge >= 0.3 is 0 Å². The molecule has 2 amide bonds. The van der Waals surface area contributed by atoms with Crippen molar-refractivity contribution in [2.75, 3.05) is 10.8 Å². The Morgan fingerprint density at radius 3 is 2.05 bits per heavy atom. The maximum atomic E-state index is 14.1. The fraction of sp³-hybridized carbons (Fsp3) is 0.355. The van der Waals surface area contributed by atoms with Gasteiger partial charge in [-0.05, 0) is 62.9 Å². The number of hydrogen-bond donors (Lipinski definition) is 1. The summed E-state index contributed by atoms with van der Waals surface area (Å²) in [7, 11) is -4.07. The molecular weight excluding hydrogens is 510 g/mol. The first-order valence-electron chi connectivity index (χ1n) is 13.4. The summed E-state index contributed by atoms with van der Waals surface area (Å²) in [4.78, 5) is 29.0. The molecule has 7 nitrogen and oxygen atoms in total. The van der Waals surface area contributed by atoms with Crippen molar-refractivity contribution < 1.29 is 18.0 Å². The Bertz CT molecular complexity index is 1360. The van der Waals surface area contributed by atoms with Crippen molar-refractivity contribution in [1.29, 1.82) is 0 Å². The Morgan fingerprint density at radius 2 is 1.46 bits per heavy atom. The van der Waals surface area contributed by atoms with Crippen LogP contribution in [-0.4, -0.2) is 43.8 Å². The molecule has 0 spiro atoms. The van der Waals surface area contributed by atoms with Crippen LogP contribution in [0.1, 0.15) is 50.3 Å². The third kappa shape index (κ3) is 7.47. The summed E-state index contributed by atoms with van der Waals surface area (Å²) in [5.41, 5.74) is 3.08. The Hall–Kier alpha value is -3.65. The summed E-state index contributed by atoms with van der Waals surface area (Å²) >= 11 is 0. The summed E-state index contributed by atoms with van der Waals surface area (Å²) in [6, 6.07) is 22.1. The number of carbonyl (C=O) groups excluding carboxylic acids is 2. The van der Waals surface area contributed by atoms with Crippen LogP contribution in [0.15, 0.2) is 83.8 Å². The maximum absolute atomic E-state index is 14.1. The van der Waals surface area contributed by atoms with Gasteiger partial charge in [0.05, 0.1) is 10.6 Å². The summed E-state index contributed by atoms with van der Waals surface area (Å²) < 4.78 is 28.9. The average molecular weight is 550 g/mol. The lowest BCUT2D eigenvalue weighted by Crippen LogP contribution is -2.53. The molecule has 208 valence electrons. The van der Waals surface area contributed by atoms with E-state index in [1.165, 1.54) is 17.0 Å². The lowest BCUT2D eigenvalue weighted by molar-refractivity contribution is -0.140. The van der Waals surface area contributed by atoms with Crippen molar-refractivity contribution in [2.45, 2.75) is 71.0 Å². The predicted molar refractivity (Wildman–Crippen MR) is 156 cm³/mol. The number of amides is 2. The van der Waals surface area contributed by atoms with E-state index in [0.717, 1.165) is 27.4 Å². The van der Waals surface area contributed by atoms with Gasteiger partial charge < -0.3 is 10.2 Å². The van der Waals surface area contributed by atoms with Gasteiger partial charge in [-0.25, -0.2) is 8.42 Å². The molecule has 0 unspecified atom stereocenters. The van der Waals surface area contributed by atoms with Crippen LogP contribution >= 0.6 is 0 Å². The highest BCUT2D eigenvalue weighted by atomic mass is 32.2. The zero-order valence-electron chi connectivity index (χ0n) is 23.4. The van der Waals surface area contributed by atoms with E-state index in [4.69, 9.17) is 0 Å². The van der Waals surface area contributed by atoms with E-state index >= 15 is 0 Å². The quantitative estimate of drug-likeness (QED) is 0.336. The van der Waals surface area contributed by atoms with Gasteiger partial charge in [0, 0.05) is 12.6 Å². The molecule has 0 bridgehead atoms. The molecule has 0 radical (unpaired) electrons. The van der Waals surface area contributed by atoms with Gasteiger partial charge in [-0.3, -0.25) is 13.9 Å². The molecule has 3 aromatic carbocycles. The van der Waals surface area contributed by atoms with E-state index in [1.807, 2.05) is 71.0 Å². The van der Waals surface area contributed by atoms with E-state index in [9.17, 15) is 18.0 Å². The molecular formula is C31H39N3O4S. The minimum atomic E-state index is -4.07. The highest BCUT2D eigenvalue weighted by Gasteiger charge is 2.34. The Balaban J connectivity index is 2.05. The third-order valence-electron chi connectivity index (χ3n) is 6.85. The van der Waals surface area contributed by atoms with Gasteiger partial charge in [0.2, 0.25) is 11.8 Å². The standard InChI is InChI=1S/C31H39N3O4S/c1-6-25(5)32-31(36)28(7-2)33(21-26-19-17-23(3)18-20-26)30(35)22-34(29-16-12-11-13-24(29)4)39(37,38)27-14-9-8-10-15-27/h8-20,25,28H,6-7,21-22H2,1-5H3,(H,32,36)/t25-,28-/m1/s1. The van der Waals surface area contributed by atoms with E-state index in [-0.39, 0.29) is 23.4 Å². The molecule has 0 aliphatic carbocycles. The molecule has 3 rings (SSSR count). The maximum Gasteiger partial charge on any atom is 0.264 e. The van der Waals surface area contributed by atoms with Crippen LogP contribution < -0.4 is 9.62 Å². The van der Waals surface area contributed by atoms with Gasteiger partial charge in [0.25, 0.3) is 10.0 Å². The average Bonchev–Trinajstić information content (AvgIpc) is 2.93. The van der Waals surface area contributed by atoms with Gasteiger partial charge in [0.15, 0.2) is 0 Å². The molecule has 39 heavy (non-hydrogen) atoms. The molecule has 0 aliphatic heterocycles. The number of nitrogens with one attached hydrogen (secondary N) is 1. The van der Waals surface area contributed by atoms with Crippen molar-refractivity contribution in [3.63, 3.8) is 0 Å². The molecule has 0 aliphatic rings. The number of aryl methyl sites for hydroxylation is 2. The minimum absolute atomic E-state index is 0.0511. The fourth-order valence-electron chi connectivity index (χ4n) is 4.33.